The van der Waals surface area contributed by atoms with Crippen molar-refractivity contribution in [3.63, 3.8) is 0 Å². The molecule has 0 aliphatic carbocycles. The number of carbonyl (C=O) groups is 2. The number of nitrogens with zero attached hydrogens (tertiary/aromatic N) is 1. The summed E-state index contributed by atoms with van der Waals surface area (Å²) in [6.45, 7) is 8.53. The molecule has 0 radical (unpaired) electrons. The molecule has 1 fully saturated rings. The lowest BCUT2D eigenvalue weighted by atomic mass is 9.80. The van der Waals surface area contributed by atoms with E-state index in [0.29, 0.717) is 25.9 Å². The van der Waals surface area contributed by atoms with E-state index in [9.17, 15) is 9.59 Å². The standard InChI is InChI=1S/C12H22N2O3/c1-11(2,3)13-10(17)14-7-5-12(4,6-8-14)9(15)16/h5-8H2,1-4H3,(H,13,17)(H,15,16). The number of piperidine rings is 1. The number of nitrogens with one attached hydrogen (secondary N) is 1. The van der Waals surface area contributed by atoms with Gasteiger partial charge in [0, 0.05) is 18.6 Å². The van der Waals surface area contributed by atoms with Crippen molar-refractivity contribution in [1.82, 2.24) is 10.2 Å². The molecule has 98 valence electrons. The van der Waals surface area contributed by atoms with Crippen LogP contribution in [0.2, 0.25) is 0 Å². The molecule has 1 rings (SSSR count). The highest BCUT2D eigenvalue weighted by Crippen LogP contribution is 2.31. The number of carboxylic acid groups (broad SMARTS) is 1. The molecular weight excluding hydrogens is 220 g/mol. The molecule has 0 bridgehead atoms. The zero-order chi connectivity index (χ0) is 13.3. The van der Waals surface area contributed by atoms with Crippen LogP contribution in [0.3, 0.4) is 0 Å². The van der Waals surface area contributed by atoms with E-state index in [1.54, 1.807) is 11.8 Å². The lowest BCUT2D eigenvalue weighted by molar-refractivity contribution is -0.150. The summed E-state index contributed by atoms with van der Waals surface area (Å²) in [6, 6.07) is -0.107. The Bertz CT molecular complexity index is 312. The normalized spacial score (nSPS) is 19.9. The van der Waals surface area contributed by atoms with Crippen molar-refractivity contribution in [3.8, 4) is 0 Å². The molecule has 0 aromatic carbocycles. The summed E-state index contributed by atoms with van der Waals surface area (Å²) in [5.74, 6) is -0.770. The Balaban J connectivity index is 2.53. The van der Waals surface area contributed by atoms with Crippen molar-refractivity contribution in [2.45, 2.75) is 46.1 Å². The van der Waals surface area contributed by atoms with Gasteiger partial charge in [-0.25, -0.2) is 4.79 Å². The monoisotopic (exact) mass is 242 g/mol. The number of likely N-dealkylation sites (tertiary alicyclic amines) is 1. The van der Waals surface area contributed by atoms with E-state index >= 15 is 0 Å². The van der Waals surface area contributed by atoms with Gasteiger partial charge >= 0.3 is 12.0 Å². The van der Waals surface area contributed by atoms with Crippen LogP contribution in [0, 0.1) is 5.41 Å². The number of carboxylic acids is 1. The minimum Gasteiger partial charge on any atom is -0.481 e. The van der Waals surface area contributed by atoms with Gasteiger partial charge in [-0.2, -0.15) is 0 Å². The number of hydrogen-bond donors (Lipinski definition) is 2. The summed E-state index contributed by atoms with van der Waals surface area (Å²) in [7, 11) is 0. The highest BCUT2D eigenvalue weighted by atomic mass is 16.4. The van der Waals surface area contributed by atoms with Crippen molar-refractivity contribution in [1.29, 1.82) is 0 Å². The number of amides is 2. The first kappa shape index (κ1) is 13.8. The van der Waals surface area contributed by atoms with Gasteiger partial charge in [-0.1, -0.05) is 0 Å². The lowest BCUT2D eigenvalue weighted by Crippen LogP contribution is -2.52. The number of rotatable bonds is 1. The maximum atomic E-state index is 11.9. The average molecular weight is 242 g/mol. The second kappa shape index (κ2) is 4.55. The lowest BCUT2D eigenvalue weighted by Gasteiger charge is -2.37. The Morgan fingerprint density at radius 2 is 1.71 bits per heavy atom. The van der Waals surface area contributed by atoms with Gasteiger partial charge in [-0.15, -0.1) is 0 Å². The largest absolute Gasteiger partial charge is 0.481 e. The molecule has 2 amide bonds. The Morgan fingerprint density at radius 3 is 2.06 bits per heavy atom. The van der Waals surface area contributed by atoms with E-state index in [2.05, 4.69) is 5.32 Å². The summed E-state index contributed by atoms with van der Waals surface area (Å²) in [6.07, 6.45) is 1.03. The number of carbonyl (C=O) groups excluding carboxylic acids is 1. The molecule has 0 unspecified atom stereocenters. The second-order valence-electron chi connectivity index (χ2n) is 6.03. The molecule has 0 aromatic heterocycles. The van der Waals surface area contributed by atoms with E-state index < -0.39 is 11.4 Å². The van der Waals surface area contributed by atoms with Crippen LogP contribution in [0.15, 0.2) is 0 Å². The van der Waals surface area contributed by atoms with Gasteiger partial charge in [0.1, 0.15) is 0 Å². The second-order valence-corrected chi connectivity index (χ2v) is 6.03. The molecule has 0 saturated carbocycles. The van der Waals surface area contributed by atoms with Gasteiger partial charge in [0.25, 0.3) is 0 Å². The van der Waals surface area contributed by atoms with Gasteiger partial charge in [0.05, 0.1) is 5.41 Å². The summed E-state index contributed by atoms with van der Waals surface area (Å²) in [4.78, 5) is 24.6. The van der Waals surface area contributed by atoms with Crippen LogP contribution in [0.4, 0.5) is 4.79 Å². The highest BCUT2D eigenvalue weighted by molar-refractivity contribution is 5.77. The van der Waals surface area contributed by atoms with Crippen molar-refractivity contribution >= 4 is 12.0 Å². The van der Waals surface area contributed by atoms with Crippen molar-refractivity contribution in [3.05, 3.63) is 0 Å². The van der Waals surface area contributed by atoms with Crippen molar-refractivity contribution in [2.75, 3.05) is 13.1 Å². The maximum Gasteiger partial charge on any atom is 0.317 e. The van der Waals surface area contributed by atoms with Gasteiger partial charge < -0.3 is 15.3 Å². The zero-order valence-electron chi connectivity index (χ0n) is 11.0. The number of urea groups is 1. The van der Waals surface area contributed by atoms with Crippen LogP contribution < -0.4 is 5.32 Å². The third-order valence-electron chi connectivity index (χ3n) is 3.15. The summed E-state index contributed by atoms with van der Waals surface area (Å²) in [5.41, 5.74) is -0.941. The first-order valence-electron chi connectivity index (χ1n) is 5.95. The van der Waals surface area contributed by atoms with Crippen LogP contribution in [0.25, 0.3) is 0 Å². The average Bonchev–Trinajstić information content (AvgIpc) is 2.15. The first-order chi connectivity index (χ1) is 7.64. The molecule has 1 saturated heterocycles. The van der Waals surface area contributed by atoms with Crippen molar-refractivity contribution in [2.24, 2.45) is 5.41 Å². The van der Waals surface area contributed by atoms with E-state index in [1.165, 1.54) is 0 Å². The summed E-state index contributed by atoms with van der Waals surface area (Å²) < 4.78 is 0. The smallest absolute Gasteiger partial charge is 0.317 e. The van der Waals surface area contributed by atoms with Crippen LogP contribution in [0.5, 0.6) is 0 Å². The third kappa shape index (κ3) is 3.61. The number of aliphatic carboxylic acids is 1. The first-order valence-corrected chi connectivity index (χ1v) is 5.95. The van der Waals surface area contributed by atoms with Crippen LogP contribution >= 0.6 is 0 Å². The molecule has 0 spiro atoms. The molecule has 1 heterocycles. The van der Waals surface area contributed by atoms with Gasteiger partial charge in [-0.05, 0) is 40.5 Å². The third-order valence-corrected chi connectivity index (χ3v) is 3.15. The predicted molar refractivity (Wildman–Crippen MR) is 64.8 cm³/mol. The fourth-order valence-electron chi connectivity index (χ4n) is 1.82. The fraction of sp³-hybridized carbons (Fsp3) is 0.833. The Hall–Kier alpha value is -1.26. The molecule has 17 heavy (non-hydrogen) atoms. The SMILES string of the molecule is CC(C)(C)NC(=O)N1CCC(C)(C(=O)O)CC1. The van der Waals surface area contributed by atoms with E-state index in [0.717, 1.165) is 0 Å². The van der Waals surface area contributed by atoms with Crippen LogP contribution in [-0.4, -0.2) is 40.6 Å². The molecule has 5 heteroatoms. The minimum atomic E-state index is -0.770. The molecule has 1 aliphatic heterocycles. The summed E-state index contributed by atoms with van der Waals surface area (Å²) in [5, 5.41) is 12.0. The Kier molecular flexibility index (Phi) is 3.69. The van der Waals surface area contributed by atoms with Gasteiger partial charge in [0.2, 0.25) is 0 Å². The molecular formula is C12H22N2O3. The van der Waals surface area contributed by atoms with Gasteiger partial charge in [-0.3, -0.25) is 4.79 Å². The van der Waals surface area contributed by atoms with Crippen molar-refractivity contribution < 1.29 is 14.7 Å². The quantitative estimate of drug-likeness (QED) is 0.735. The fourth-order valence-corrected chi connectivity index (χ4v) is 1.82. The molecule has 2 N–H and O–H groups in total. The van der Waals surface area contributed by atoms with Crippen LogP contribution in [-0.2, 0) is 4.79 Å². The van der Waals surface area contributed by atoms with Crippen LogP contribution in [0.1, 0.15) is 40.5 Å². The topological polar surface area (TPSA) is 69.6 Å². The van der Waals surface area contributed by atoms with E-state index in [-0.39, 0.29) is 11.6 Å². The predicted octanol–water partition coefficient (Wildman–Crippen LogP) is 1.68. The Labute approximate surface area is 102 Å². The Morgan fingerprint density at radius 1 is 1.24 bits per heavy atom. The van der Waals surface area contributed by atoms with Gasteiger partial charge in [0.15, 0.2) is 0 Å². The van der Waals surface area contributed by atoms with E-state index in [4.69, 9.17) is 5.11 Å². The molecule has 5 nitrogen and oxygen atoms in total. The highest BCUT2D eigenvalue weighted by Gasteiger charge is 2.38. The molecule has 1 aliphatic rings. The van der Waals surface area contributed by atoms with E-state index in [1.807, 2.05) is 20.8 Å². The zero-order valence-corrected chi connectivity index (χ0v) is 11.0. The summed E-state index contributed by atoms with van der Waals surface area (Å²) >= 11 is 0. The minimum absolute atomic E-state index is 0.107. The molecule has 0 atom stereocenters. The number of hydrogen-bond acceptors (Lipinski definition) is 2. The molecule has 0 aromatic rings. The maximum absolute atomic E-state index is 11.9.